The molecule has 0 bridgehead atoms. The second-order valence-corrected chi connectivity index (χ2v) is 6.51. The Morgan fingerprint density at radius 1 is 1.15 bits per heavy atom. The number of carbonyl (C=O) groups excluding carboxylic acids is 2. The zero-order valence-corrected chi connectivity index (χ0v) is 15.1. The van der Waals surface area contributed by atoms with Gasteiger partial charge in [-0.2, -0.15) is 4.73 Å². The van der Waals surface area contributed by atoms with Crippen LogP contribution in [-0.2, 0) is 12.8 Å². The predicted molar refractivity (Wildman–Crippen MR) is 97.3 cm³/mol. The van der Waals surface area contributed by atoms with E-state index < -0.39 is 11.8 Å². The summed E-state index contributed by atoms with van der Waals surface area (Å²) in [4.78, 5) is 24.0. The van der Waals surface area contributed by atoms with E-state index in [0.717, 1.165) is 16.9 Å². The maximum Gasteiger partial charge on any atom is 0.275 e. The van der Waals surface area contributed by atoms with Crippen molar-refractivity contribution < 1.29 is 14.3 Å². The predicted octanol–water partition coefficient (Wildman–Crippen LogP) is 0.816. The van der Waals surface area contributed by atoms with Gasteiger partial charge in [-0.25, -0.2) is 0 Å². The van der Waals surface area contributed by atoms with Gasteiger partial charge in [0, 0.05) is 24.4 Å². The first-order valence-corrected chi connectivity index (χ1v) is 8.87. The second-order valence-electron chi connectivity index (χ2n) is 5.57. The third kappa shape index (κ3) is 4.82. The third-order valence-corrected chi connectivity index (χ3v) is 4.69. The van der Waals surface area contributed by atoms with Gasteiger partial charge in [0.15, 0.2) is 17.6 Å². The number of hydrogen-bond acceptors (Lipinski definition) is 6. The highest BCUT2D eigenvalue weighted by molar-refractivity contribution is 7.98. The smallest absolute Gasteiger partial charge is 0.275 e. The summed E-state index contributed by atoms with van der Waals surface area (Å²) >= 11 is 1.54. The van der Waals surface area contributed by atoms with Crippen LogP contribution in [0.4, 0.5) is 0 Å². The number of nitrogens with one attached hydrogen (secondary N) is 2. The van der Waals surface area contributed by atoms with Crippen molar-refractivity contribution in [2.75, 3.05) is 0 Å². The molecule has 10 heteroatoms. The van der Waals surface area contributed by atoms with Gasteiger partial charge in [-0.15, -0.1) is 10.2 Å². The lowest BCUT2D eigenvalue weighted by molar-refractivity contribution is -0.605. The van der Waals surface area contributed by atoms with E-state index in [-0.39, 0.29) is 5.56 Å². The second kappa shape index (κ2) is 8.32. The van der Waals surface area contributed by atoms with Gasteiger partial charge in [0.25, 0.3) is 11.8 Å². The Morgan fingerprint density at radius 2 is 1.85 bits per heavy atom. The summed E-state index contributed by atoms with van der Waals surface area (Å²) in [7, 11) is 1.87. The zero-order valence-electron chi connectivity index (χ0n) is 14.3. The molecule has 2 aromatic heterocycles. The first-order valence-electron chi connectivity index (χ1n) is 7.88. The molecule has 0 saturated carbocycles. The summed E-state index contributed by atoms with van der Waals surface area (Å²) in [6, 6.07) is 9.92. The zero-order chi connectivity index (χ0) is 19.2. The van der Waals surface area contributed by atoms with Crippen LogP contribution >= 0.6 is 11.8 Å². The van der Waals surface area contributed by atoms with Crippen molar-refractivity contribution in [1.29, 1.82) is 0 Å². The standard InChI is InChI=1S/C17H16N6O3S/c1-22-11-18-21-17(22)27-10-12-4-6-13(7-5-12)15(24)19-20-16(25)14-3-2-8-23(26)9-14/h2-9,11H,10H2,1H3,(H,19,24)(H,20,25). The number of nitrogens with zero attached hydrogens (tertiary/aromatic N) is 4. The number of carbonyl (C=O) groups is 2. The number of benzene rings is 1. The number of aromatic nitrogens is 4. The van der Waals surface area contributed by atoms with Gasteiger partial charge in [-0.05, 0) is 23.8 Å². The summed E-state index contributed by atoms with van der Waals surface area (Å²) in [6.45, 7) is 0. The number of hydrogen-bond donors (Lipinski definition) is 2. The number of hydrazine groups is 1. The molecule has 0 fully saturated rings. The van der Waals surface area contributed by atoms with Gasteiger partial charge in [0.05, 0.1) is 0 Å². The number of thioether (sulfide) groups is 1. The summed E-state index contributed by atoms with van der Waals surface area (Å²) < 4.78 is 2.34. The number of pyridine rings is 1. The molecule has 3 aromatic rings. The fraction of sp³-hybridized carbons (Fsp3) is 0.118. The summed E-state index contributed by atoms with van der Waals surface area (Å²) in [5.41, 5.74) is 6.16. The highest BCUT2D eigenvalue weighted by atomic mass is 32.2. The Bertz CT molecular complexity index is 957. The van der Waals surface area contributed by atoms with Crippen LogP contribution in [-0.4, -0.2) is 26.6 Å². The highest BCUT2D eigenvalue weighted by Gasteiger charge is 2.11. The molecular formula is C17H16N6O3S. The fourth-order valence-electron chi connectivity index (χ4n) is 2.15. The van der Waals surface area contributed by atoms with E-state index in [9.17, 15) is 14.8 Å². The van der Waals surface area contributed by atoms with Crippen LogP contribution < -0.4 is 15.6 Å². The van der Waals surface area contributed by atoms with E-state index in [4.69, 9.17) is 0 Å². The Labute approximate surface area is 159 Å². The van der Waals surface area contributed by atoms with E-state index in [1.165, 1.54) is 30.1 Å². The normalized spacial score (nSPS) is 10.4. The Morgan fingerprint density at radius 3 is 2.48 bits per heavy atom. The van der Waals surface area contributed by atoms with Crippen molar-refractivity contribution in [2.45, 2.75) is 10.9 Å². The summed E-state index contributed by atoms with van der Waals surface area (Å²) in [5.74, 6) is -0.346. The van der Waals surface area contributed by atoms with E-state index in [0.29, 0.717) is 16.0 Å². The number of rotatable bonds is 5. The van der Waals surface area contributed by atoms with Gasteiger partial charge in [0.2, 0.25) is 0 Å². The fourth-order valence-corrected chi connectivity index (χ4v) is 2.99. The molecule has 0 atom stereocenters. The van der Waals surface area contributed by atoms with Crippen LogP contribution in [0.5, 0.6) is 0 Å². The minimum atomic E-state index is -0.578. The molecule has 2 amide bonds. The van der Waals surface area contributed by atoms with Crippen molar-refractivity contribution in [3.63, 3.8) is 0 Å². The van der Waals surface area contributed by atoms with Gasteiger partial charge in [-0.3, -0.25) is 20.4 Å². The topological polar surface area (TPSA) is 116 Å². The Hall–Kier alpha value is -3.40. The van der Waals surface area contributed by atoms with Crippen LogP contribution in [0.25, 0.3) is 0 Å². The Balaban J connectivity index is 1.52. The van der Waals surface area contributed by atoms with Crippen molar-refractivity contribution in [3.05, 3.63) is 77.0 Å². The number of amides is 2. The van der Waals surface area contributed by atoms with Crippen LogP contribution in [0, 0.1) is 5.21 Å². The summed E-state index contributed by atoms with van der Waals surface area (Å²) in [5, 5.41) is 19.8. The van der Waals surface area contributed by atoms with Crippen LogP contribution in [0.3, 0.4) is 0 Å². The molecule has 2 heterocycles. The first kappa shape index (κ1) is 18.4. The molecule has 138 valence electrons. The molecule has 0 aliphatic rings. The van der Waals surface area contributed by atoms with Crippen molar-refractivity contribution >= 4 is 23.6 Å². The minimum Gasteiger partial charge on any atom is -0.619 e. The van der Waals surface area contributed by atoms with Crippen molar-refractivity contribution in [1.82, 2.24) is 25.6 Å². The molecule has 9 nitrogen and oxygen atoms in total. The van der Waals surface area contributed by atoms with Crippen LogP contribution in [0.15, 0.2) is 60.3 Å². The summed E-state index contributed by atoms with van der Waals surface area (Å²) in [6.07, 6.45) is 4.01. The number of aryl methyl sites for hydroxylation is 1. The molecule has 0 aliphatic carbocycles. The molecular weight excluding hydrogens is 368 g/mol. The van der Waals surface area contributed by atoms with E-state index in [1.54, 1.807) is 18.5 Å². The van der Waals surface area contributed by atoms with Crippen LogP contribution in [0.2, 0.25) is 0 Å². The quantitative estimate of drug-likeness (QED) is 0.291. The monoisotopic (exact) mass is 384 g/mol. The maximum absolute atomic E-state index is 12.1. The average molecular weight is 384 g/mol. The molecule has 0 saturated heterocycles. The third-order valence-electron chi connectivity index (χ3n) is 3.58. The molecule has 0 spiro atoms. The van der Waals surface area contributed by atoms with Gasteiger partial charge < -0.3 is 9.77 Å². The average Bonchev–Trinajstić information content (AvgIpc) is 3.09. The molecule has 1 aromatic carbocycles. The minimum absolute atomic E-state index is 0.143. The molecule has 27 heavy (non-hydrogen) atoms. The van der Waals surface area contributed by atoms with E-state index in [1.807, 2.05) is 23.7 Å². The lowest BCUT2D eigenvalue weighted by Gasteiger charge is -2.08. The first-order chi connectivity index (χ1) is 13.0. The van der Waals surface area contributed by atoms with Crippen molar-refractivity contribution in [2.24, 2.45) is 7.05 Å². The highest BCUT2D eigenvalue weighted by Crippen LogP contribution is 2.20. The van der Waals surface area contributed by atoms with Gasteiger partial charge >= 0.3 is 0 Å². The Kier molecular flexibility index (Phi) is 5.67. The van der Waals surface area contributed by atoms with Crippen LogP contribution in [0.1, 0.15) is 26.3 Å². The van der Waals surface area contributed by atoms with E-state index >= 15 is 0 Å². The van der Waals surface area contributed by atoms with Gasteiger partial charge in [-0.1, -0.05) is 23.9 Å². The lowest BCUT2D eigenvalue weighted by atomic mass is 10.1. The molecule has 2 N–H and O–H groups in total. The molecule has 3 rings (SSSR count). The van der Waals surface area contributed by atoms with E-state index in [2.05, 4.69) is 21.0 Å². The molecule has 0 radical (unpaired) electrons. The SMILES string of the molecule is Cn1cnnc1SCc1ccc(C(=O)NNC(=O)c2ccc[n+]([O-])c2)cc1. The molecule has 0 aliphatic heterocycles. The lowest BCUT2D eigenvalue weighted by Crippen LogP contribution is -2.42. The molecule has 0 unspecified atom stereocenters. The van der Waals surface area contributed by atoms with Crippen molar-refractivity contribution in [3.8, 4) is 0 Å². The maximum atomic E-state index is 12.1. The largest absolute Gasteiger partial charge is 0.619 e. The van der Waals surface area contributed by atoms with Gasteiger partial charge in [0.1, 0.15) is 11.9 Å².